The number of nitrogens with one attached hydrogen (secondary N) is 2. The van der Waals surface area contributed by atoms with Gasteiger partial charge in [0.25, 0.3) is 5.91 Å². The van der Waals surface area contributed by atoms with Crippen molar-refractivity contribution in [3.8, 4) is 0 Å². The van der Waals surface area contributed by atoms with E-state index in [0.717, 1.165) is 12.1 Å². The maximum absolute atomic E-state index is 13.0. The first-order valence-corrected chi connectivity index (χ1v) is 9.65. The molecule has 0 atom stereocenters. The largest absolute Gasteiger partial charge is 0.416 e. The van der Waals surface area contributed by atoms with Gasteiger partial charge in [-0.25, -0.2) is 4.79 Å². The molecule has 1 saturated heterocycles. The van der Waals surface area contributed by atoms with Crippen LogP contribution in [0.25, 0.3) is 0 Å². The first-order chi connectivity index (χ1) is 14.3. The van der Waals surface area contributed by atoms with Gasteiger partial charge in [-0.05, 0) is 37.3 Å². The van der Waals surface area contributed by atoms with E-state index in [1.165, 1.54) is 12.1 Å². The molecule has 0 aromatic heterocycles. The molecule has 0 saturated carbocycles. The maximum Gasteiger partial charge on any atom is 0.416 e. The van der Waals surface area contributed by atoms with Gasteiger partial charge in [-0.2, -0.15) is 13.2 Å². The minimum absolute atomic E-state index is 0.156. The van der Waals surface area contributed by atoms with Gasteiger partial charge in [-0.15, -0.1) is 0 Å². The van der Waals surface area contributed by atoms with Crippen molar-refractivity contribution >= 4 is 23.3 Å². The molecular formula is C21H23F3N4O2. The molecule has 1 fully saturated rings. The first kappa shape index (κ1) is 21.5. The maximum atomic E-state index is 13.0. The topological polar surface area (TPSA) is 64.7 Å². The molecule has 3 amide bonds. The molecule has 6 nitrogen and oxygen atoms in total. The number of piperazine rings is 1. The Labute approximate surface area is 172 Å². The van der Waals surface area contributed by atoms with Crippen LogP contribution in [-0.4, -0.2) is 54.5 Å². The standard InChI is InChI=1S/C21H23F3N4O2/c1-2-25-20(30)28-12-10-27(11-13-28)19(29)17-8-3-4-9-18(17)26-16-7-5-6-15(14-16)21(22,23)24/h3-9,14,26H,2,10-13H2,1H3,(H,25,30). The molecule has 1 aliphatic rings. The molecular weight excluding hydrogens is 397 g/mol. The van der Waals surface area contributed by atoms with Crippen molar-refractivity contribution in [2.75, 3.05) is 38.0 Å². The van der Waals surface area contributed by atoms with E-state index in [9.17, 15) is 22.8 Å². The fourth-order valence-electron chi connectivity index (χ4n) is 3.25. The molecule has 160 valence electrons. The lowest BCUT2D eigenvalue weighted by molar-refractivity contribution is -0.137. The number of anilines is 2. The molecule has 30 heavy (non-hydrogen) atoms. The van der Waals surface area contributed by atoms with E-state index in [0.29, 0.717) is 44.0 Å². The zero-order valence-electron chi connectivity index (χ0n) is 16.5. The van der Waals surface area contributed by atoms with Crippen LogP contribution in [0.5, 0.6) is 0 Å². The van der Waals surface area contributed by atoms with Crippen molar-refractivity contribution in [2.45, 2.75) is 13.1 Å². The van der Waals surface area contributed by atoms with Gasteiger partial charge >= 0.3 is 12.2 Å². The third kappa shape index (κ3) is 5.03. The Morgan fingerprint density at radius 2 is 1.63 bits per heavy atom. The van der Waals surface area contributed by atoms with Crippen molar-refractivity contribution in [2.24, 2.45) is 0 Å². The second-order valence-electron chi connectivity index (χ2n) is 6.86. The number of hydrogen-bond donors (Lipinski definition) is 2. The van der Waals surface area contributed by atoms with Crippen molar-refractivity contribution in [1.29, 1.82) is 0 Å². The fraction of sp³-hybridized carbons (Fsp3) is 0.333. The number of hydrogen-bond acceptors (Lipinski definition) is 3. The van der Waals surface area contributed by atoms with Crippen molar-refractivity contribution in [3.05, 3.63) is 59.7 Å². The summed E-state index contributed by atoms with van der Waals surface area (Å²) >= 11 is 0. The van der Waals surface area contributed by atoms with Crippen LogP contribution >= 0.6 is 0 Å². The molecule has 0 bridgehead atoms. The summed E-state index contributed by atoms with van der Waals surface area (Å²) in [6.07, 6.45) is -4.45. The first-order valence-electron chi connectivity index (χ1n) is 9.65. The number of halogens is 3. The molecule has 2 aromatic rings. The minimum atomic E-state index is -4.45. The van der Waals surface area contributed by atoms with E-state index >= 15 is 0 Å². The predicted molar refractivity (Wildman–Crippen MR) is 108 cm³/mol. The van der Waals surface area contributed by atoms with E-state index in [4.69, 9.17) is 0 Å². The highest BCUT2D eigenvalue weighted by Crippen LogP contribution is 2.32. The van der Waals surface area contributed by atoms with E-state index in [1.54, 1.807) is 34.1 Å². The highest BCUT2D eigenvalue weighted by atomic mass is 19.4. The Morgan fingerprint density at radius 3 is 2.30 bits per heavy atom. The molecule has 0 spiro atoms. The van der Waals surface area contributed by atoms with E-state index in [1.807, 2.05) is 6.92 Å². The van der Waals surface area contributed by atoms with Crippen LogP contribution in [0.1, 0.15) is 22.8 Å². The number of benzene rings is 2. The molecule has 9 heteroatoms. The number of nitrogens with zero attached hydrogens (tertiary/aromatic N) is 2. The molecule has 3 rings (SSSR count). The highest BCUT2D eigenvalue weighted by Gasteiger charge is 2.30. The van der Waals surface area contributed by atoms with Gasteiger partial charge in [0.15, 0.2) is 0 Å². The van der Waals surface area contributed by atoms with Gasteiger partial charge in [0, 0.05) is 38.4 Å². The average molecular weight is 420 g/mol. The van der Waals surface area contributed by atoms with Crippen LogP contribution in [0.2, 0.25) is 0 Å². The number of urea groups is 1. The third-order valence-electron chi connectivity index (χ3n) is 4.81. The fourth-order valence-corrected chi connectivity index (χ4v) is 3.25. The van der Waals surface area contributed by atoms with E-state index in [2.05, 4.69) is 10.6 Å². The Hall–Kier alpha value is -3.23. The number of carbonyl (C=O) groups excluding carboxylic acids is 2. The summed E-state index contributed by atoms with van der Waals surface area (Å²) in [5.74, 6) is -0.236. The molecule has 0 aliphatic carbocycles. The van der Waals surface area contributed by atoms with Crippen molar-refractivity contribution in [1.82, 2.24) is 15.1 Å². The van der Waals surface area contributed by atoms with Crippen LogP contribution in [0.4, 0.5) is 29.3 Å². The Kier molecular flexibility index (Phi) is 6.49. The Bertz CT molecular complexity index is 909. The number of alkyl halides is 3. The molecule has 1 aliphatic heterocycles. The summed E-state index contributed by atoms with van der Waals surface area (Å²) < 4.78 is 38.9. The monoisotopic (exact) mass is 420 g/mol. The summed E-state index contributed by atoms with van der Waals surface area (Å²) in [5, 5.41) is 5.66. The molecule has 2 aromatic carbocycles. The lowest BCUT2D eigenvalue weighted by Crippen LogP contribution is -2.53. The predicted octanol–water partition coefficient (Wildman–Crippen LogP) is 3.94. The van der Waals surface area contributed by atoms with Crippen molar-refractivity contribution < 1.29 is 22.8 Å². The lowest BCUT2D eigenvalue weighted by Gasteiger charge is -2.35. The number of carbonyl (C=O) groups is 2. The molecule has 0 unspecified atom stereocenters. The van der Waals surface area contributed by atoms with E-state index in [-0.39, 0.29) is 17.6 Å². The van der Waals surface area contributed by atoms with Crippen LogP contribution in [0, 0.1) is 0 Å². The summed E-state index contributed by atoms with van der Waals surface area (Å²) in [7, 11) is 0. The lowest BCUT2D eigenvalue weighted by atomic mass is 10.1. The zero-order chi connectivity index (χ0) is 21.7. The molecule has 0 radical (unpaired) electrons. The van der Waals surface area contributed by atoms with Crippen LogP contribution < -0.4 is 10.6 Å². The summed E-state index contributed by atoms with van der Waals surface area (Å²) in [5.41, 5.74) is 0.262. The smallest absolute Gasteiger partial charge is 0.355 e. The van der Waals surface area contributed by atoms with Crippen molar-refractivity contribution in [3.63, 3.8) is 0 Å². The number of para-hydroxylation sites is 1. The van der Waals surface area contributed by atoms with Gasteiger partial charge in [0.2, 0.25) is 0 Å². The summed E-state index contributed by atoms with van der Waals surface area (Å²) in [6.45, 7) is 3.97. The number of rotatable bonds is 4. The van der Waals surface area contributed by atoms with Gasteiger partial charge in [-0.1, -0.05) is 18.2 Å². The SMILES string of the molecule is CCNC(=O)N1CCN(C(=O)c2ccccc2Nc2cccc(C(F)(F)F)c2)CC1. The third-order valence-corrected chi connectivity index (χ3v) is 4.81. The quantitative estimate of drug-likeness (QED) is 0.788. The Morgan fingerprint density at radius 1 is 0.967 bits per heavy atom. The second-order valence-corrected chi connectivity index (χ2v) is 6.86. The number of amides is 3. The second kappa shape index (κ2) is 9.06. The zero-order valence-corrected chi connectivity index (χ0v) is 16.5. The van der Waals surface area contributed by atoms with Crippen LogP contribution in [0.3, 0.4) is 0 Å². The average Bonchev–Trinajstić information content (AvgIpc) is 2.73. The molecule has 1 heterocycles. The Balaban J connectivity index is 1.73. The molecule has 2 N–H and O–H groups in total. The van der Waals surface area contributed by atoms with E-state index < -0.39 is 11.7 Å². The summed E-state index contributed by atoms with van der Waals surface area (Å²) in [6, 6.07) is 11.4. The van der Waals surface area contributed by atoms with Gasteiger partial charge < -0.3 is 20.4 Å². The van der Waals surface area contributed by atoms with Crippen LogP contribution in [-0.2, 0) is 6.18 Å². The highest BCUT2D eigenvalue weighted by molar-refractivity contribution is 6.00. The summed E-state index contributed by atoms with van der Waals surface area (Å²) in [4.78, 5) is 28.2. The van der Waals surface area contributed by atoms with Gasteiger partial charge in [0.1, 0.15) is 0 Å². The normalized spacial score (nSPS) is 14.4. The van der Waals surface area contributed by atoms with Gasteiger partial charge in [-0.3, -0.25) is 4.79 Å². The van der Waals surface area contributed by atoms with Gasteiger partial charge in [0.05, 0.1) is 16.8 Å². The minimum Gasteiger partial charge on any atom is -0.355 e. The van der Waals surface area contributed by atoms with Crippen LogP contribution in [0.15, 0.2) is 48.5 Å².